The second-order valence-corrected chi connectivity index (χ2v) is 6.77. The van der Waals surface area contributed by atoms with Gasteiger partial charge in [0, 0.05) is 29.3 Å². The summed E-state index contributed by atoms with van der Waals surface area (Å²) in [5, 5.41) is 4.83. The van der Waals surface area contributed by atoms with Crippen molar-refractivity contribution in [3.05, 3.63) is 54.0 Å². The number of benzene rings is 1. The molecule has 1 saturated carbocycles. The first-order valence-corrected chi connectivity index (χ1v) is 8.81. The summed E-state index contributed by atoms with van der Waals surface area (Å²) in [7, 11) is 1.34. The third-order valence-electron chi connectivity index (χ3n) is 4.74. The van der Waals surface area contributed by atoms with E-state index in [2.05, 4.69) is 15.3 Å². The number of aromatic nitrogens is 2. The number of methoxy groups -OCH3 is 1. The lowest BCUT2D eigenvalue weighted by Crippen LogP contribution is -2.14. The highest BCUT2D eigenvalue weighted by molar-refractivity contribution is 5.96. The van der Waals surface area contributed by atoms with Gasteiger partial charge in [0.15, 0.2) is 0 Å². The Morgan fingerprint density at radius 1 is 1.07 bits per heavy atom. The number of pyridine rings is 2. The van der Waals surface area contributed by atoms with Crippen LogP contribution in [0.4, 0.5) is 5.82 Å². The molecule has 2 heterocycles. The van der Waals surface area contributed by atoms with Gasteiger partial charge in [0.2, 0.25) is 5.91 Å². The van der Waals surface area contributed by atoms with Gasteiger partial charge in [-0.3, -0.25) is 4.79 Å². The first-order valence-electron chi connectivity index (χ1n) is 8.81. The van der Waals surface area contributed by atoms with Crippen molar-refractivity contribution in [2.24, 2.45) is 5.92 Å². The molecule has 1 fully saturated rings. The maximum Gasteiger partial charge on any atom is 0.356 e. The molecule has 6 nitrogen and oxygen atoms in total. The topological polar surface area (TPSA) is 81.2 Å². The smallest absolute Gasteiger partial charge is 0.356 e. The molecule has 27 heavy (non-hydrogen) atoms. The molecule has 1 aliphatic carbocycles. The summed E-state index contributed by atoms with van der Waals surface area (Å²) in [5.41, 5.74) is 3.15. The van der Waals surface area contributed by atoms with Gasteiger partial charge in [0.25, 0.3) is 0 Å². The highest BCUT2D eigenvalue weighted by Gasteiger charge is 2.29. The minimum absolute atomic E-state index is 0.0471. The second kappa shape index (κ2) is 6.79. The van der Waals surface area contributed by atoms with Crippen LogP contribution in [-0.4, -0.2) is 29.0 Å². The number of rotatable bonds is 4. The van der Waals surface area contributed by atoms with Crippen LogP contribution < -0.4 is 5.32 Å². The van der Waals surface area contributed by atoms with E-state index in [0.29, 0.717) is 5.82 Å². The molecule has 0 aliphatic heterocycles. The van der Waals surface area contributed by atoms with Crippen LogP contribution in [0.25, 0.3) is 21.9 Å². The van der Waals surface area contributed by atoms with Crippen LogP contribution in [0.1, 0.15) is 28.9 Å². The fraction of sp³-hybridized carbons (Fsp3) is 0.238. The number of aryl methyl sites for hydroxylation is 1. The van der Waals surface area contributed by atoms with Gasteiger partial charge in [0.1, 0.15) is 11.5 Å². The summed E-state index contributed by atoms with van der Waals surface area (Å²) in [6.45, 7) is 1.93. The van der Waals surface area contributed by atoms with Crippen molar-refractivity contribution in [1.82, 2.24) is 9.97 Å². The van der Waals surface area contributed by atoms with E-state index in [4.69, 9.17) is 4.74 Å². The van der Waals surface area contributed by atoms with Crippen molar-refractivity contribution in [1.29, 1.82) is 0 Å². The molecule has 1 aliphatic rings. The van der Waals surface area contributed by atoms with Gasteiger partial charge in [0.05, 0.1) is 7.11 Å². The first-order chi connectivity index (χ1) is 13.0. The number of hydrogen-bond donors (Lipinski definition) is 1. The predicted molar refractivity (Wildman–Crippen MR) is 102 cm³/mol. The maximum atomic E-state index is 11.9. The monoisotopic (exact) mass is 361 g/mol. The number of fused-ring (bicyclic) bond motifs is 1. The third-order valence-corrected chi connectivity index (χ3v) is 4.74. The first kappa shape index (κ1) is 17.1. The van der Waals surface area contributed by atoms with Gasteiger partial charge in [-0.15, -0.1) is 0 Å². The van der Waals surface area contributed by atoms with E-state index >= 15 is 0 Å². The van der Waals surface area contributed by atoms with Crippen LogP contribution in [0.15, 0.2) is 42.7 Å². The minimum Gasteiger partial charge on any atom is -0.464 e. The molecule has 1 aromatic carbocycles. The quantitative estimate of drug-likeness (QED) is 0.716. The van der Waals surface area contributed by atoms with Crippen LogP contribution >= 0.6 is 0 Å². The average Bonchev–Trinajstić information content (AvgIpc) is 3.52. The van der Waals surface area contributed by atoms with Gasteiger partial charge in [-0.2, -0.15) is 0 Å². The van der Waals surface area contributed by atoms with Crippen LogP contribution in [0, 0.1) is 12.8 Å². The van der Waals surface area contributed by atoms with Crippen LogP contribution in [-0.2, 0) is 9.53 Å². The molecule has 4 rings (SSSR count). The number of esters is 1. The van der Waals surface area contributed by atoms with Crippen molar-refractivity contribution < 1.29 is 14.3 Å². The fourth-order valence-electron chi connectivity index (χ4n) is 3.03. The Labute approximate surface area is 156 Å². The fourth-order valence-corrected chi connectivity index (χ4v) is 3.03. The highest BCUT2D eigenvalue weighted by atomic mass is 16.5. The molecule has 0 atom stereocenters. The number of ether oxygens (including phenoxy) is 1. The van der Waals surface area contributed by atoms with Crippen LogP contribution in [0.2, 0.25) is 0 Å². The average molecular weight is 361 g/mol. The Morgan fingerprint density at radius 3 is 2.59 bits per heavy atom. The standard InChI is InChI=1S/C21H19N3O3/c1-12-7-18(21(26)27-2)22-11-17(12)15-6-5-14-9-19(23-10-16(14)8-15)24-20(25)13-3-4-13/h5-11,13H,3-4H2,1-2H3,(H,23,24,25). The van der Waals surface area contributed by atoms with E-state index in [1.54, 1.807) is 18.5 Å². The Kier molecular flexibility index (Phi) is 4.32. The third kappa shape index (κ3) is 3.51. The normalized spacial score (nSPS) is 13.4. The Bertz CT molecular complexity index is 1060. The van der Waals surface area contributed by atoms with E-state index in [1.165, 1.54) is 7.11 Å². The molecule has 136 valence electrons. The molecule has 0 unspecified atom stereocenters. The molecule has 2 aromatic heterocycles. The summed E-state index contributed by atoms with van der Waals surface area (Å²) >= 11 is 0. The van der Waals surface area contributed by atoms with Crippen molar-refractivity contribution in [2.45, 2.75) is 19.8 Å². The summed E-state index contributed by atoms with van der Waals surface area (Å²) in [5.74, 6) is 0.319. The molecular weight excluding hydrogens is 342 g/mol. The zero-order chi connectivity index (χ0) is 19.0. The number of nitrogens with zero attached hydrogens (tertiary/aromatic N) is 2. The number of anilines is 1. The van der Waals surface area contributed by atoms with E-state index in [-0.39, 0.29) is 17.5 Å². The van der Waals surface area contributed by atoms with Gasteiger partial charge in [-0.05, 0) is 54.5 Å². The summed E-state index contributed by atoms with van der Waals surface area (Å²) in [4.78, 5) is 32.1. The number of nitrogens with one attached hydrogen (secondary N) is 1. The van der Waals surface area contributed by atoms with Crippen molar-refractivity contribution in [3.63, 3.8) is 0 Å². The van der Waals surface area contributed by atoms with Gasteiger partial charge < -0.3 is 10.1 Å². The van der Waals surface area contributed by atoms with E-state index < -0.39 is 5.97 Å². The molecule has 1 N–H and O–H groups in total. The second-order valence-electron chi connectivity index (χ2n) is 6.77. The lowest BCUT2D eigenvalue weighted by atomic mass is 9.99. The van der Waals surface area contributed by atoms with E-state index in [0.717, 1.165) is 40.3 Å². The number of carbonyl (C=O) groups is 2. The molecule has 3 aromatic rings. The SMILES string of the molecule is COC(=O)c1cc(C)c(-c2ccc3cc(NC(=O)C4CC4)ncc3c2)cn1. The Balaban J connectivity index is 1.63. The van der Waals surface area contributed by atoms with Crippen molar-refractivity contribution in [2.75, 3.05) is 12.4 Å². The van der Waals surface area contributed by atoms with Crippen molar-refractivity contribution >= 4 is 28.5 Å². The minimum atomic E-state index is -0.451. The Hall–Kier alpha value is -3.28. The zero-order valence-corrected chi connectivity index (χ0v) is 15.2. The van der Waals surface area contributed by atoms with E-state index in [9.17, 15) is 9.59 Å². The predicted octanol–water partition coefficient (Wildman–Crippen LogP) is 3.74. The highest BCUT2D eigenvalue weighted by Crippen LogP contribution is 2.31. The van der Waals surface area contributed by atoms with Gasteiger partial charge in [-0.1, -0.05) is 12.1 Å². The largest absolute Gasteiger partial charge is 0.464 e. The van der Waals surface area contributed by atoms with Gasteiger partial charge in [-0.25, -0.2) is 14.8 Å². The lowest BCUT2D eigenvalue weighted by Gasteiger charge is -2.09. The zero-order valence-electron chi connectivity index (χ0n) is 15.2. The number of hydrogen-bond acceptors (Lipinski definition) is 5. The van der Waals surface area contributed by atoms with Crippen LogP contribution in [0.3, 0.4) is 0 Å². The molecule has 6 heteroatoms. The molecule has 0 radical (unpaired) electrons. The summed E-state index contributed by atoms with van der Waals surface area (Å²) in [6, 6.07) is 9.62. The molecule has 1 amide bonds. The van der Waals surface area contributed by atoms with Gasteiger partial charge >= 0.3 is 5.97 Å². The molecule has 0 saturated heterocycles. The van der Waals surface area contributed by atoms with Crippen molar-refractivity contribution in [3.8, 4) is 11.1 Å². The molecular formula is C21H19N3O3. The Morgan fingerprint density at radius 2 is 1.89 bits per heavy atom. The van der Waals surface area contributed by atoms with E-state index in [1.807, 2.05) is 31.2 Å². The summed E-state index contributed by atoms with van der Waals surface area (Å²) in [6.07, 6.45) is 5.36. The summed E-state index contributed by atoms with van der Waals surface area (Å²) < 4.78 is 4.71. The molecule has 0 spiro atoms. The number of amides is 1. The lowest BCUT2D eigenvalue weighted by molar-refractivity contribution is -0.117. The molecule has 0 bridgehead atoms. The maximum absolute atomic E-state index is 11.9. The number of carbonyl (C=O) groups excluding carboxylic acids is 2. The van der Waals surface area contributed by atoms with Crippen LogP contribution in [0.5, 0.6) is 0 Å².